The summed E-state index contributed by atoms with van der Waals surface area (Å²) >= 11 is 5.94. The van der Waals surface area contributed by atoms with Gasteiger partial charge in [-0.3, -0.25) is 14.1 Å². The van der Waals surface area contributed by atoms with Crippen LogP contribution in [0.3, 0.4) is 0 Å². The molecular weight excluding hydrogens is 298 g/mol. The second kappa shape index (κ2) is 6.39. The van der Waals surface area contributed by atoms with Gasteiger partial charge in [-0.05, 0) is 37.8 Å². The monoisotopic (exact) mass is 319 g/mol. The fourth-order valence-electron chi connectivity index (χ4n) is 3.25. The van der Waals surface area contributed by atoms with Crippen LogP contribution in [-0.4, -0.2) is 26.9 Å². The summed E-state index contributed by atoms with van der Waals surface area (Å²) in [6.07, 6.45) is 5.40. The van der Waals surface area contributed by atoms with E-state index in [0.717, 1.165) is 18.8 Å². The fourth-order valence-corrected chi connectivity index (χ4v) is 3.41. The molecule has 118 valence electrons. The zero-order valence-electron chi connectivity index (χ0n) is 13.1. The first-order chi connectivity index (χ1) is 10.5. The second-order valence-corrected chi connectivity index (χ2v) is 6.91. The summed E-state index contributed by atoms with van der Waals surface area (Å²) in [7, 11) is 0. The van der Waals surface area contributed by atoms with E-state index in [1.165, 1.54) is 23.7 Å². The molecule has 4 nitrogen and oxygen atoms in total. The van der Waals surface area contributed by atoms with Crippen LogP contribution >= 0.6 is 11.6 Å². The Hall–Kier alpha value is -1.39. The zero-order chi connectivity index (χ0) is 15.7. The van der Waals surface area contributed by atoms with E-state index >= 15 is 0 Å². The lowest BCUT2D eigenvalue weighted by Crippen LogP contribution is -2.34. The molecule has 0 N–H and O–H groups in total. The van der Waals surface area contributed by atoms with Gasteiger partial charge in [-0.2, -0.15) is 0 Å². The summed E-state index contributed by atoms with van der Waals surface area (Å²) in [5, 5.41) is 0.541. The van der Waals surface area contributed by atoms with Crippen LogP contribution in [0.2, 0.25) is 5.02 Å². The Balaban J connectivity index is 1.90. The maximum absolute atomic E-state index is 12.3. The van der Waals surface area contributed by atoms with E-state index in [9.17, 15) is 4.79 Å². The predicted molar refractivity (Wildman–Crippen MR) is 89.4 cm³/mol. The summed E-state index contributed by atoms with van der Waals surface area (Å²) in [5.41, 5.74) is 1.42. The number of aromatic nitrogens is 2. The van der Waals surface area contributed by atoms with Gasteiger partial charge in [0.05, 0.1) is 10.7 Å². The maximum Gasteiger partial charge on any atom is 0.258 e. The molecule has 0 aliphatic carbocycles. The fraction of sp³-hybridized carbons (Fsp3) is 0.529. The molecule has 0 radical (unpaired) electrons. The van der Waals surface area contributed by atoms with Crippen LogP contribution in [0.1, 0.15) is 38.8 Å². The summed E-state index contributed by atoms with van der Waals surface area (Å²) in [4.78, 5) is 19.3. The average Bonchev–Trinajstić information content (AvgIpc) is 2.62. The molecule has 1 aliphatic rings. The molecule has 0 saturated carbocycles. The van der Waals surface area contributed by atoms with Crippen molar-refractivity contribution in [3.05, 3.63) is 45.5 Å². The Kier molecular flexibility index (Phi) is 4.50. The van der Waals surface area contributed by atoms with E-state index in [1.54, 1.807) is 24.4 Å². The number of nitrogens with zero attached hydrogens (tertiary/aromatic N) is 3. The predicted octanol–water partition coefficient (Wildman–Crippen LogP) is 3.36. The zero-order valence-corrected chi connectivity index (χ0v) is 13.9. The highest BCUT2D eigenvalue weighted by molar-refractivity contribution is 6.30. The highest BCUT2D eigenvalue weighted by Gasteiger charge is 2.21. The third kappa shape index (κ3) is 3.33. The minimum atomic E-state index is -0.0713. The Labute approximate surface area is 135 Å². The van der Waals surface area contributed by atoms with Gasteiger partial charge >= 0.3 is 0 Å². The molecule has 1 saturated heterocycles. The van der Waals surface area contributed by atoms with Crippen LogP contribution in [0.25, 0.3) is 5.65 Å². The van der Waals surface area contributed by atoms with Crippen molar-refractivity contribution in [1.29, 1.82) is 0 Å². The Morgan fingerprint density at radius 1 is 1.32 bits per heavy atom. The number of hydrogen-bond acceptors (Lipinski definition) is 3. The van der Waals surface area contributed by atoms with Gasteiger partial charge in [-0.15, -0.1) is 0 Å². The van der Waals surface area contributed by atoms with Crippen molar-refractivity contribution in [2.45, 2.75) is 45.7 Å². The maximum atomic E-state index is 12.3. The van der Waals surface area contributed by atoms with E-state index in [2.05, 4.69) is 23.7 Å². The molecule has 2 aromatic rings. The van der Waals surface area contributed by atoms with Crippen molar-refractivity contribution in [3.8, 4) is 0 Å². The van der Waals surface area contributed by atoms with Crippen molar-refractivity contribution in [2.75, 3.05) is 6.54 Å². The molecular formula is C17H22ClN3O. The van der Waals surface area contributed by atoms with E-state index in [-0.39, 0.29) is 5.56 Å². The van der Waals surface area contributed by atoms with Gasteiger partial charge in [0, 0.05) is 31.4 Å². The molecule has 0 bridgehead atoms. The summed E-state index contributed by atoms with van der Waals surface area (Å²) < 4.78 is 1.50. The average molecular weight is 320 g/mol. The number of rotatable bonds is 2. The van der Waals surface area contributed by atoms with Gasteiger partial charge in [0.25, 0.3) is 5.56 Å². The smallest absolute Gasteiger partial charge is 0.258 e. The molecule has 2 atom stereocenters. The Bertz CT molecular complexity index is 727. The molecule has 5 heteroatoms. The largest absolute Gasteiger partial charge is 0.295 e. The molecule has 1 fully saturated rings. The SMILES string of the molecule is C[C@H]1CCC[C@H](C)N(Cc2cc(=O)n3cc(Cl)ccc3n2)C1. The Morgan fingerprint density at radius 3 is 2.95 bits per heavy atom. The first-order valence-electron chi connectivity index (χ1n) is 7.95. The van der Waals surface area contributed by atoms with Gasteiger partial charge in [-0.1, -0.05) is 24.9 Å². The first-order valence-corrected chi connectivity index (χ1v) is 8.32. The van der Waals surface area contributed by atoms with Crippen LogP contribution in [0.4, 0.5) is 0 Å². The number of hydrogen-bond donors (Lipinski definition) is 0. The molecule has 3 rings (SSSR count). The van der Waals surface area contributed by atoms with E-state index in [4.69, 9.17) is 11.6 Å². The third-order valence-electron chi connectivity index (χ3n) is 4.53. The second-order valence-electron chi connectivity index (χ2n) is 6.48. The lowest BCUT2D eigenvalue weighted by Gasteiger charge is -2.28. The Morgan fingerprint density at radius 2 is 2.14 bits per heavy atom. The first kappa shape index (κ1) is 15.5. The molecule has 0 amide bonds. The van der Waals surface area contributed by atoms with E-state index in [0.29, 0.717) is 22.6 Å². The normalized spacial score (nSPS) is 23.6. The van der Waals surface area contributed by atoms with Crippen LogP contribution < -0.4 is 5.56 Å². The van der Waals surface area contributed by atoms with Gasteiger partial charge in [0.15, 0.2) is 0 Å². The molecule has 0 aromatic carbocycles. The lowest BCUT2D eigenvalue weighted by atomic mass is 10.1. The van der Waals surface area contributed by atoms with Crippen molar-refractivity contribution in [1.82, 2.24) is 14.3 Å². The van der Waals surface area contributed by atoms with Gasteiger partial charge < -0.3 is 0 Å². The molecule has 3 heterocycles. The van der Waals surface area contributed by atoms with E-state index in [1.807, 2.05) is 0 Å². The summed E-state index contributed by atoms with van der Waals surface area (Å²) in [6, 6.07) is 5.73. The highest BCUT2D eigenvalue weighted by atomic mass is 35.5. The number of pyridine rings is 1. The van der Waals surface area contributed by atoms with Crippen LogP contribution in [0, 0.1) is 5.92 Å². The molecule has 0 spiro atoms. The number of halogens is 1. The molecule has 0 unspecified atom stereocenters. The minimum Gasteiger partial charge on any atom is -0.295 e. The third-order valence-corrected chi connectivity index (χ3v) is 4.75. The number of fused-ring (bicyclic) bond motifs is 1. The van der Waals surface area contributed by atoms with Gasteiger partial charge in [0.1, 0.15) is 5.65 Å². The van der Waals surface area contributed by atoms with Gasteiger partial charge in [0.2, 0.25) is 0 Å². The minimum absolute atomic E-state index is 0.0713. The topological polar surface area (TPSA) is 37.6 Å². The van der Waals surface area contributed by atoms with Gasteiger partial charge in [-0.25, -0.2) is 4.98 Å². The summed E-state index contributed by atoms with van der Waals surface area (Å²) in [6.45, 7) is 6.38. The van der Waals surface area contributed by atoms with E-state index < -0.39 is 0 Å². The quantitative estimate of drug-likeness (QED) is 0.852. The van der Waals surface area contributed by atoms with Crippen LogP contribution in [0.5, 0.6) is 0 Å². The van der Waals surface area contributed by atoms with Crippen molar-refractivity contribution >= 4 is 17.2 Å². The van der Waals surface area contributed by atoms with Crippen molar-refractivity contribution < 1.29 is 0 Å². The summed E-state index contributed by atoms with van der Waals surface area (Å²) in [5.74, 6) is 0.699. The lowest BCUT2D eigenvalue weighted by molar-refractivity contribution is 0.184. The van der Waals surface area contributed by atoms with Crippen LogP contribution in [0.15, 0.2) is 29.2 Å². The van der Waals surface area contributed by atoms with Crippen molar-refractivity contribution in [2.24, 2.45) is 5.92 Å². The molecule has 22 heavy (non-hydrogen) atoms. The highest BCUT2D eigenvalue weighted by Crippen LogP contribution is 2.22. The standard InChI is InChI=1S/C17H22ClN3O/c1-12-4-3-5-13(2)20(9-12)11-15-8-17(22)21-10-14(18)6-7-16(21)19-15/h6-8,10,12-13H,3-5,9,11H2,1-2H3/t12-,13-/m0/s1. The van der Waals surface area contributed by atoms with Crippen LogP contribution in [-0.2, 0) is 6.54 Å². The molecule has 2 aromatic heterocycles. The number of likely N-dealkylation sites (tertiary alicyclic amines) is 1. The molecule has 1 aliphatic heterocycles. The van der Waals surface area contributed by atoms with Crippen molar-refractivity contribution in [3.63, 3.8) is 0 Å².